The number of rotatable bonds is 16. The Morgan fingerprint density at radius 2 is 0.807 bits per heavy atom. The summed E-state index contributed by atoms with van der Waals surface area (Å²) in [6.45, 7) is 33.3. The zero-order valence-electron chi connectivity index (χ0n) is 77.4. The normalized spacial score (nSPS) is 10.6. The molecule has 140 heavy (non-hydrogen) atoms. The molecule has 1 radical (unpaired) electrons. The van der Waals surface area contributed by atoms with Crippen molar-refractivity contribution >= 4 is 112 Å². The number of anilines is 6. The van der Waals surface area contributed by atoms with Crippen LogP contribution in [-0.2, 0) is 31.3 Å². The first-order valence-corrected chi connectivity index (χ1v) is 44.3. The maximum absolute atomic E-state index is 11.1. The summed E-state index contributed by atoms with van der Waals surface area (Å²) >= 11 is 0. The van der Waals surface area contributed by atoms with E-state index >= 15 is 0 Å². The molecule has 2 N–H and O–H groups in total. The Bertz CT molecular complexity index is 7740. The maximum Gasteiger partial charge on any atom is 1.00 e. The number of nitrogens with zero attached hydrogens (tertiary/aromatic N) is 15. The van der Waals surface area contributed by atoms with Crippen LogP contribution in [0, 0.1) is 79.5 Å². The van der Waals surface area contributed by atoms with Gasteiger partial charge in [0.25, 0.3) is 17.2 Å². The molecule has 0 aliphatic rings. The number of aromatic amines is 1. The number of H-pyrrole nitrogens is 1. The second-order valence-corrected chi connectivity index (χ2v) is 32.7. The topological polar surface area (TPSA) is 256 Å². The number of para-hydroxylation sites is 1. The number of aryl methyl sites for hydroxylation is 2. The number of ketones is 1. The van der Waals surface area contributed by atoms with Gasteiger partial charge in [0.15, 0.2) is 29.1 Å². The van der Waals surface area contributed by atoms with E-state index in [1.165, 1.54) is 80.9 Å². The summed E-state index contributed by atoms with van der Waals surface area (Å²) in [4.78, 5) is 56.9. The smallest absolute Gasteiger partial charge is 0.868 e. The number of carbonyl (C=O) groups is 1. The van der Waals surface area contributed by atoms with Crippen LogP contribution >= 0.6 is 0 Å². The SMILES string of the molecule is CC(=O)C=C(C)O.Cc1[c-]c(-c2ccc3c(CC(C)C)cccc3n2)cc(C)c1.[C-]#[N+]c1nc2c(nc1C#N)c1nc(C#N)c(C#N)nc1c1nc([N+]#[C-])c([N+]#[C-])nc21.[Ir].[Li+].[O-]c1cccc2ccc[nH+]c12.c1ccc(-c2ccc(N(c3ccc(-c4ccccc4)cc3)c3ccc(-c4ccc(N(c5ccc(-c6ccccc6)cc5)c5ccc(-c6ccccc6)cc5-c5ccccc5)cc4)cc3)cc2)cc1. The minimum atomic E-state index is -0.298. The van der Waals surface area contributed by atoms with Crippen molar-refractivity contribution in [2.75, 3.05) is 9.80 Å². The Labute approximate surface area is 837 Å². The van der Waals surface area contributed by atoms with Gasteiger partial charge in [0.1, 0.15) is 34.8 Å². The Balaban J connectivity index is 0.000000176. The summed E-state index contributed by atoms with van der Waals surface area (Å²) in [5, 5.41) is 49.6. The van der Waals surface area contributed by atoms with E-state index < -0.39 is 0 Å². The zero-order chi connectivity index (χ0) is 96.1. The molecule has 21 heteroatoms. The van der Waals surface area contributed by atoms with Gasteiger partial charge in [-0.05, 0) is 195 Å². The van der Waals surface area contributed by atoms with Gasteiger partial charge in [-0.25, -0.2) is 19.9 Å². The molecule has 19 nitrogen and oxygen atoms in total. The largest absolute Gasteiger partial charge is 1.00 e. The number of fused-ring (bicyclic) bond motifs is 8. The molecule has 0 atom stereocenters. The van der Waals surface area contributed by atoms with Crippen molar-refractivity contribution in [2.24, 2.45) is 5.92 Å². The molecule has 20 aromatic rings. The van der Waals surface area contributed by atoms with Gasteiger partial charge in [0.05, 0.1) is 17.0 Å². The van der Waals surface area contributed by atoms with E-state index in [1.807, 2.05) is 18.2 Å². The first kappa shape index (κ1) is 97.9. The summed E-state index contributed by atoms with van der Waals surface area (Å²) < 4.78 is 0. The molecule has 0 aliphatic carbocycles. The Morgan fingerprint density at radius 1 is 0.429 bits per heavy atom. The predicted octanol–water partition coefficient (Wildman–Crippen LogP) is 25.7. The number of carbonyl (C=O) groups excluding carboxylic acids is 1. The Kier molecular flexibility index (Phi) is 32.0. The summed E-state index contributed by atoms with van der Waals surface area (Å²) in [6.07, 6.45) is 4.01. The van der Waals surface area contributed by atoms with Gasteiger partial charge in [0, 0.05) is 77.0 Å². The maximum atomic E-state index is 11.1. The molecule has 0 unspecified atom stereocenters. The van der Waals surface area contributed by atoms with Crippen molar-refractivity contribution < 1.29 is 59.0 Å². The van der Waals surface area contributed by atoms with Crippen LogP contribution in [0.5, 0.6) is 5.75 Å². The van der Waals surface area contributed by atoms with Crippen molar-refractivity contribution in [1.29, 1.82) is 15.8 Å². The van der Waals surface area contributed by atoms with E-state index in [4.69, 9.17) is 29.8 Å². The number of hydrogen-bond acceptors (Lipinski definition) is 15. The Hall–Kier alpha value is -18.1. The molecule has 0 bridgehead atoms. The molecule has 0 fully saturated rings. The molecular weight excluding hydrogens is 1900 g/mol. The number of allylic oxidation sites excluding steroid dienone is 2. The molecule has 0 saturated carbocycles. The van der Waals surface area contributed by atoms with Crippen molar-refractivity contribution in [3.05, 3.63) is 456 Å². The second kappa shape index (κ2) is 45.8. The minimum Gasteiger partial charge on any atom is -0.868 e. The fourth-order valence-corrected chi connectivity index (χ4v) is 16.3. The third-order valence-electron chi connectivity index (χ3n) is 22.6. The summed E-state index contributed by atoms with van der Waals surface area (Å²) in [6, 6.07) is 137. The molecule has 5 aromatic heterocycles. The summed E-state index contributed by atoms with van der Waals surface area (Å²) in [7, 11) is 0. The molecule has 20 rings (SSSR count). The summed E-state index contributed by atoms with van der Waals surface area (Å²) in [5.41, 5.74) is 27.5. The number of aromatic nitrogens is 8. The van der Waals surface area contributed by atoms with Gasteiger partial charge in [-0.15, -0.1) is 49.8 Å². The van der Waals surface area contributed by atoms with Crippen LogP contribution in [-0.4, -0.2) is 45.8 Å². The third-order valence-corrected chi connectivity index (χ3v) is 22.6. The molecule has 15 aromatic carbocycles. The fraction of sp³-hybridized carbons (Fsp3) is 0.0672. The molecule has 0 aliphatic heterocycles. The van der Waals surface area contributed by atoms with Crippen LogP contribution < -0.4 is 38.8 Å². The van der Waals surface area contributed by atoms with Gasteiger partial charge in [0.2, 0.25) is 16.6 Å². The molecule has 669 valence electrons. The van der Waals surface area contributed by atoms with Crippen molar-refractivity contribution in [2.45, 2.75) is 48.0 Å². The average molecular weight is 1990 g/mol. The number of benzene rings is 15. The number of nitrogens with one attached hydrogen (secondary N) is 1. The molecular formula is C119H85IrLiN16O3. The van der Waals surface area contributed by atoms with Crippen LogP contribution in [0.15, 0.2) is 382 Å². The summed E-state index contributed by atoms with van der Waals surface area (Å²) in [5.74, 6) is -0.257. The molecule has 5 heterocycles. The van der Waals surface area contributed by atoms with Crippen LogP contribution in [0.25, 0.3) is 147 Å². The van der Waals surface area contributed by atoms with E-state index in [0.29, 0.717) is 11.4 Å². The quantitative estimate of drug-likeness (QED) is 0.0310. The van der Waals surface area contributed by atoms with E-state index in [-0.39, 0.29) is 124 Å². The first-order valence-electron chi connectivity index (χ1n) is 44.3. The van der Waals surface area contributed by atoms with Crippen molar-refractivity contribution in [3.63, 3.8) is 0 Å². The minimum absolute atomic E-state index is 0. The van der Waals surface area contributed by atoms with Gasteiger partial charge in [-0.3, -0.25) is 9.78 Å². The van der Waals surface area contributed by atoms with Gasteiger partial charge in [-0.1, -0.05) is 302 Å². The molecule has 0 saturated heterocycles. The first-order chi connectivity index (χ1) is 67.3. The third kappa shape index (κ3) is 22.8. The van der Waals surface area contributed by atoms with Crippen molar-refractivity contribution in [1.82, 2.24) is 34.9 Å². The van der Waals surface area contributed by atoms with Crippen LogP contribution in [0.1, 0.15) is 61.5 Å². The number of aliphatic hydroxyl groups excluding tert-OH is 1. The zero-order valence-corrected chi connectivity index (χ0v) is 79.8. The van der Waals surface area contributed by atoms with Crippen LogP contribution in [0.4, 0.5) is 51.6 Å². The molecule has 0 spiro atoms. The second-order valence-electron chi connectivity index (χ2n) is 32.7. The predicted molar refractivity (Wildman–Crippen MR) is 548 cm³/mol. The van der Waals surface area contributed by atoms with E-state index in [1.54, 1.807) is 36.5 Å². The fourth-order valence-electron chi connectivity index (χ4n) is 16.3. The van der Waals surface area contributed by atoms with Crippen LogP contribution in [0.3, 0.4) is 0 Å². The monoisotopic (exact) mass is 1990 g/mol. The van der Waals surface area contributed by atoms with E-state index in [9.17, 15) is 25.7 Å². The van der Waals surface area contributed by atoms with Gasteiger partial charge in [-0.2, -0.15) is 15.8 Å². The number of pyridine rings is 2. The van der Waals surface area contributed by atoms with Crippen LogP contribution in [0.2, 0.25) is 0 Å². The standard InChI is InChI=1S/C66H48N2.C21H22N.C18N12.C9H7NO.C5H8O2.Ir.Li/c1-6-16-49(17-7-1)53-26-37-60(38-27-53)67(61-39-28-54(29-40-61)50-18-8-2-9-19-50)62-41-30-56(31-42-62)57-34-45-64(46-35-57)68(63-43-32-55(33-44-63)51-20-10-3-11-21-51)66-47-36-59(52-22-12-4-13-23-52)48-65(66)58-24-14-5-15-25-58;1-14(2)10-17-6-5-7-21-19(17)8-9-20(22-21)18-12-15(3)11-16(4)13-18;1-22-16-9(6-21)27-12-10-11(26-8(5-20)7(4-19)25-10)14-15(13(12)28-16)30-18(24-3)17(23-2)29-14;11-8-5-1-3-7-4-2-6-10-9(7)8;1-4(6)3-5(2)7;;/h1-48H;5-9,11-12,14H,10H2,1-4H3;;1-6,11H;3,6H,1-2H3;;/q;-1;;;;;+1. The Morgan fingerprint density at radius 3 is 1.20 bits per heavy atom. The van der Waals surface area contributed by atoms with Crippen molar-refractivity contribution in [3.8, 4) is 102 Å². The number of aliphatic hydroxyl groups is 1. The van der Waals surface area contributed by atoms with E-state index in [0.717, 1.165) is 90.5 Å². The van der Waals surface area contributed by atoms with Gasteiger partial charge >= 0.3 is 24.7 Å². The number of hydrogen-bond donors (Lipinski definition) is 1. The van der Waals surface area contributed by atoms with Gasteiger partial charge < -0.3 is 34.5 Å². The average Bonchev–Trinajstić information content (AvgIpc) is 0.721. The van der Waals surface area contributed by atoms with E-state index in [2.05, 4.69) is 427 Å². The number of nitriles is 3. The molecule has 0 amide bonds.